The Labute approximate surface area is 47.3 Å². The van der Waals surface area contributed by atoms with Gasteiger partial charge in [0.25, 0.3) is 0 Å². The van der Waals surface area contributed by atoms with E-state index in [4.69, 9.17) is 0 Å². The van der Waals surface area contributed by atoms with Gasteiger partial charge in [0.05, 0.1) is 0 Å². The predicted molar refractivity (Wildman–Crippen MR) is 12.5 cm³/mol. The van der Waals surface area contributed by atoms with Crippen molar-refractivity contribution in [2.75, 3.05) is 0 Å². The molecule has 0 aliphatic carbocycles. The average molecular weight is 164 g/mol. The van der Waals surface area contributed by atoms with E-state index in [2.05, 4.69) is 0 Å². The Balaban J connectivity index is 0. The van der Waals surface area contributed by atoms with Gasteiger partial charge in [-0.05, 0) is 0 Å². The van der Waals surface area contributed by atoms with Gasteiger partial charge >= 0.3 is 34.7 Å². The van der Waals surface area contributed by atoms with Gasteiger partial charge in [-0.25, -0.2) is 0 Å². The van der Waals surface area contributed by atoms with E-state index in [0.717, 1.165) is 0 Å². The van der Waals surface area contributed by atoms with Crippen LogP contribution in [0.5, 0.6) is 0 Å². The molecule has 2 nitrogen and oxygen atoms in total. The zero-order valence-electron chi connectivity index (χ0n) is 1.70. The first-order chi connectivity index (χ1) is 0. The zero-order chi connectivity index (χ0) is 0. The monoisotopic (exact) mass is 165 g/mol. The van der Waals surface area contributed by atoms with Crippen LogP contribution in [-0.2, 0) is 17.1 Å². The second kappa shape index (κ2) is 36.7. The fraction of sp³-hybridized carbons (Fsp3) is 0. The number of hydrogen-bond acceptors (Lipinski definition) is 0. The molecule has 0 aromatic rings. The molecule has 0 aromatic carbocycles. The molecule has 0 spiro atoms. The maximum atomic E-state index is 0. The first-order valence-electron chi connectivity index (χ1n) is 0. The Bertz CT molecular complexity index is 6.00. The molecule has 0 aromatic heterocycles. The number of hydrogen-bond donors (Lipinski definition) is 0. The number of rotatable bonds is 0. The summed E-state index contributed by atoms with van der Waals surface area (Å²) in [6.45, 7) is 0. The third kappa shape index (κ3) is 12.1. The summed E-state index contributed by atoms with van der Waals surface area (Å²) in [6.07, 6.45) is 0. The Hall–Kier alpha value is 0.982. The molecule has 0 rings (SSSR count). The van der Waals surface area contributed by atoms with Crippen LogP contribution < -0.4 is 0 Å². The zero-order valence-corrected chi connectivity index (χ0v) is 4.74. The molecular weight excluding hydrogens is 164 g/mol. The molecule has 0 saturated carbocycles. The first kappa shape index (κ1) is 81.9. The van der Waals surface area contributed by atoms with E-state index in [0.29, 0.717) is 0 Å². The topological polar surface area (TPSA) is 61.0 Å². The Morgan fingerprint density at radius 3 is 0.750 bits per heavy atom. The molecular formula is CuGeN2. The summed E-state index contributed by atoms with van der Waals surface area (Å²) in [4.78, 5) is 0. The van der Waals surface area contributed by atoms with Crippen molar-refractivity contribution in [3.8, 4) is 0 Å². The van der Waals surface area contributed by atoms with Crippen LogP contribution in [0, 0.1) is 0 Å². The van der Waals surface area contributed by atoms with Gasteiger partial charge in [0, 0.05) is 0 Å². The Morgan fingerprint density at radius 2 is 0.750 bits per heavy atom. The van der Waals surface area contributed by atoms with Crippen LogP contribution >= 0.6 is 0 Å². The van der Waals surface area contributed by atoms with Gasteiger partial charge in [0.2, 0.25) is 0 Å². The van der Waals surface area contributed by atoms with Crippen molar-refractivity contribution in [2.24, 2.45) is 0 Å². The minimum Gasteiger partial charge on any atom is -3.00 e. The summed E-state index contributed by atoms with van der Waals surface area (Å²) in [5.74, 6) is 0. The molecule has 0 saturated heterocycles. The minimum atomic E-state index is 0. The second-order valence-corrected chi connectivity index (χ2v) is 0. The van der Waals surface area contributed by atoms with E-state index in [-0.39, 0.29) is 47.0 Å². The summed E-state index contributed by atoms with van der Waals surface area (Å²) >= 11 is 0. The van der Waals surface area contributed by atoms with E-state index in [1.165, 1.54) is 0 Å². The molecule has 0 N–H and O–H groups in total. The van der Waals surface area contributed by atoms with E-state index in [1.54, 1.807) is 0 Å². The van der Waals surface area contributed by atoms with Gasteiger partial charge in [-0.15, -0.1) is 0 Å². The van der Waals surface area contributed by atoms with Crippen LogP contribution in [0.2, 0.25) is 0 Å². The van der Waals surface area contributed by atoms with Crippen LogP contribution in [0.15, 0.2) is 0 Å². The molecule has 4 heteroatoms. The molecule has 0 amide bonds. The summed E-state index contributed by atoms with van der Waals surface area (Å²) in [7, 11) is 0. The largest absolute Gasteiger partial charge is 4.00 e. The van der Waals surface area contributed by atoms with Crippen molar-refractivity contribution in [2.45, 2.75) is 0 Å². The quantitative estimate of drug-likeness (QED) is 0.459. The summed E-state index contributed by atoms with van der Waals surface area (Å²) in [5.41, 5.74) is 0. The molecule has 25 valence electrons. The molecule has 0 aliphatic heterocycles. The van der Waals surface area contributed by atoms with Gasteiger partial charge in [-0.3, -0.25) is 0 Å². The van der Waals surface area contributed by atoms with Gasteiger partial charge in [-0.2, -0.15) is 0 Å². The van der Waals surface area contributed by atoms with Crippen LogP contribution in [0.1, 0.15) is 0 Å². The van der Waals surface area contributed by atoms with E-state index in [9.17, 15) is 0 Å². The smallest absolute Gasteiger partial charge is 3.00 e. The molecule has 0 unspecified atom stereocenters. The van der Waals surface area contributed by atoms with Gasteiger partial charge in [0.15, 0.2) is 0 Å². The Kier molecular flexibility index (Phi) is 751. The normalized spacial score (nSPS) is 0. The molecule has 1 radical (unpaired) electrons. The average Bonchev–Trinajstić information content (AvgIpc) is 0. The van der Waals surface area contributed by atoms with Crippen molar-refractivity contribution in [1.29, 1.82) is 0 Å². The molecule has 4 heavy (non-hydrogen) atoms. The predicted octanol–water partition coefficient (Wildman–Crippen LogP) is 0.194. The molecule has 0 atom stereocenters. The van der Waals surface area contributed by atoms with Crippen LogP contribution in [-0.4, -0.2) is 17.6 Å². The van der Waals surface area contributed by atoms with Gasteiger partial charge in [-0.1, -0.05) is 0 Å². The van der Waals surface area contributed by atoms with Crippen molar-refractivity contribution in [3.63, 3.8) is 0 Å². The van der Waals surface area contributed by atoms with E-state index in [1.807, 2.05) is 0 Å². The molecule has 0 bridgehead atoms. The fourth-order valence-corrected chi connectivity index (χ4v) is 0. The molecule has 0 aliphatic rings. The van der Waals surface area contributed by atoms with Crippen LogP contribution in [0.3, 0.4) is 0 Å². The van der Waals surface area contributed by atoms with Crippen molar-refractivity contribution < 1.29 is 17.1 Å². The van der Waals surface area contributed by atoms with Crippen LogP contribution in [0.4, 0.5) is 0 Å². The van der Waals surface area contributed by atoms with Crippen molar-refractivity contribution in [1.82, 2.24) is 0 Å². The minimum absolute atomic E-state index is 0. The summed E-state index contributed by atoms with van der Waals surface area (Å²) < 4.78 is 0. The van der Waals surface area contributed by atoms with Gasteiger partial charge < -0.3 is 12.3 Å². The van der Waals surface area contributed by atoms with Crippen LogP contribution in [0.25, 0.3) is 12.3 Å². The standard InChI is InChI=1S/Cu.Ge.2N/q+2;+4;2*-3. The van der Waals surface area contributed by atoms with Crippen molar-refractivity contribution in [3.05, 3.63) is 12.3 Å². The fourth-order valence-electron chi connectivity index (χ4n) is 0. The maximum Gasteiger partial charge on any atom is 4.00 e. The SMILES string of the molecule is [Cu+2].[Ge+4].[N-3].[N-3]. The summed E-state index contributed by atoms with van der Waals surface area (Å²) in [5, 5.41) is 0. The molecule has 0 heterocycles. The Morgan fingerprint density at radius 1 is 0.750 bits per heavy atom. The third-order valence-corrected chi connectivity index (χ3v) is 0. The maximum absolute atomic E-state index is 0. The third-order valence-electron chi connectivity index (χ3n) is 0. The van der Waals surface area contributed by atoms with Gasteiger partial charge in [0.1, 0.15) is 0 Å². The number of nitrogens with zero attached hydrogens (tertiary/aromatic N) is 2. The second-order valence-electron chi connectivity index (χ2n) is 0. The van der Waals surface area contributed by atoms with E-state index >= 15 is 0 Å². The van der Waals surface area contributed by atoms with E-state index < -0.39 is 0 Å². The summed E-state index contributed by atoms with van der Waals surface area (Å²) in [6, 6.07) is 0. The first-order valence-corrected chi connectivity index (χ1v) is 0. The molecule has 0 fully saturated rings. The van der Waals surface area contributed by atoms with Crippen molar-refractivity contribution >= 4 is 17.6 Å².